The van der Waals surface area contributed by atoms with Crippen molar-refractivity contribution in [2.75, 3.05) is 29.7 Å². The molecule has 1 amide bonds. The van der Waals surface area contributed by atoms with E-state index in [9.17, 15) is 9.90 Å². The van der Waals surface area contributed by atoms with Crippen molar-refractivity contribution < 1.29 is 14.6 Å². The zero-order chi connectivity index (χ0) is 24.7. The standard InChI is InChI=1S/C22H25N9O3/c1-12-6-15(8-23)26-11-18(12)34-19-7-17(20(31-24)21(25-3)30-19)29-14-4-5-16(27-10-14)22(33)28-9-13(2)32/h4-7,10-11,13,31-32H,9,24H2,1-3H3,(H,28,33)(H2,25,29,30). The Bertz CT molecular complexity index is 1210. The SMILES string of the molecule is CNc1nc(Oc2cnc(C#N)cc2C)cc(Nc2ccc(C(=O)NCC(C)O)nc2)c1NN. The van der Waals surface area contributed by atoms with E-state index in [4.69, 9.17) is 15.8 Å². The third-order valence-corrected chi connectivity index (χ3v) is 4.60. The molecule has 0 radical (unpaired) electrons. The molecule has 12 heteroatoms. The summed E-state index contributed by atoms with van der Waals surface area (Å²) in [5.41, 5.74) is 5.42. The molecule has 0 aliphatic rings. The van der Waals surface area contributed by atoms with Crippen LogP contribution >= 0.6 is 0 Å². The summed E-state index contributed by atoms with van der Waals surface area (Å²) in [6.07, 6.45) is 2.30. The minimum atomic E-state index is -0.652. The van der Waals surface area contributed by atoms with Gasteiger partial charge >= 0.3 is 0 Å². The molecule has 3 aromatic rings. The van der Waals surface area contributed by atoms with Gasteiger partial charge in [0.1, 0.15) is 23.1 Å². The first-order valence-corrected chi connectivity index (χ1v) is 10.3. The summed E-state index contributed by atoms with van der Waals surface area (Å²) in [5, 5.41) is 27.0. The number of anilines is 4. The molecule has 0 saturated carbocycles. The lowest BCUT2D eigenvalue weighted by atomic mass is 10.2. The van der Waals surface area contributed by atoms with Crippen molar-refractivity contribution in [2.45, 2.75) is 20.0 Å². The molecule has 176 valence electrons. The number of nitrogens with one attached hydrogen (secondary N) is 4. The highest BCUT2D eigenvalue weighted by atomic mass is 16.5. The van der Waals surface area contributed by atoms with E-state index in [0.29, 0.717) is 28.6 Å². The minimum absolute atomic E-state index is 0.132. The number of nitrogen functional groups attached to an aromatic ring is 1. The molecule has 0 fully saturated rings. The first-order chi connectivity index (χ1) is 16.3. The highest BCUT2D eigenvalue weighted by Gasteiger charge is 2.15. The predicted molar refractivity (Wildman–Crippen MR) is 127 cm³/mol. The number of hydrazine groups is 1. The highest BCUT2D eigenvalue weighted by molar-refractivity contribution is 5.92. The van der Waals surface area contributed by atoms with Crippen molar-refractivity contribution in [3.8, 4) is 17.7 Å². The maximum atomic E-state index is 12.1. The molecule has 3 heterocycles. The van der Waals surface area contributed by atoms with Crippen LogP contribution in [-0.2, 0) is 0 Å². The first-order valence-electron chi connectivity index (χ1n) is 10.3. The normalized spacial score (nSPS) is 11.2. The van der Waals surface area contributed by atoms with Gasteiger partial charge in [0.25, 0.3) is 5.91 Å². The van der Waals surface area contributed by atoms with Gasteiger partial charge in [-0.25, -0.2) is 9.97 Å². The van der Waals surface area contributed by atoms with E-state index in [1.54, 1.807) is 45.2 Å². The third-order valence-electron chi connectivity index (χ3n) is 4.60. The lowest BCUT2D eigenvalue weighted by Gasteiger charge is -2.17. The largest absolute Gasteiger partial charge is 0.437 e. The number of carbonyl (C=O) groups excluding carboxylic acids is 1. The topological polar surface area (TPSA) is 183 Å². The van der Waals surface area contributed by atoms with Crippen LogP contribution in [0.1, 0.15) is 28.7 Å². The summed E-state index contributed by atoms with van der Waals surface area (Å²) in [6, 6.07) is 8.47. The molecule has 3 aromatic heterocycles. The average molecular weight is 464 g/mol. The van der Waals surface area contributed by atoms with E-state index >= 15 is 0 Å². The van der Waals surface area contributed by atoms with Crippen LogP contribution in [0.4, 0.5) is 22.9 Å². The Morgan fingerprint density at radius 1 is 1.29 bits per heavy atom. The van der Waals surface area contributed by atoms with E-state index < -0.39 is 6.10 Å². The van der Waals surface area contributed by atoms with Gasteiger partial charge in [0.05, 0.1) is 29.9 Å². The second-order valence-corrected chi connectivity index (χ2v) is 7.29. The molecule has 7 N–H and O–H groups in total. The van der Waals surface area contributed by atoms with Crippen LogP contribution in [0.3, 0.4) is 0 Å². The second kappa shape index (κ2) is 10.9. The van der Waals surface area contributed by atoms with E-state index in [2.05, 4.69) is 36.3 Å². The van der Waals surface area contributed by atoms with E-state index in [1.165, 1.54) is 12.4 Å². The van der Waals surface area contributed by atoms with Crippen LogP contribution in [0.5, 0.6) is 11.6 Å². The molecule has 0 aromatic carbocycles. The fourth-order valence-corrected chi connectivity index (χ4v) is 2.91. The van der Waals surface area contributed by atoms with E-state index in [0.717, 1.165) is 5.56 Å². The number of carbonyl (C=O) groups is 1. The van der Waals surface area contributed by atoms with Crippen molar-refractivity contribution >= 4 is 28.8 Å². The van der Waals surface area contributed by atoms with Crippen molar-refractivity contribution in [1.82, 2.24) is 20.3 Å². The summed E-state index contributed by atoms with van der Waals surface area (Å²) >= 11 is 0. The Hall–Kier alpha value is -4.47. The molecule has 3 rings (SSSR count). The van der Waals surface area contributed by atoms with Crippen LogP contribution in [0.25, 0.3) is 0 Å². The predicted octanol–water partition coefficient (Wildman–Crippen LogP) is 2.03. The van der Waals surface area contributed by atoms with Gasteiger partial charge in [0.15, 0.2) is 11.6 Å². The average Bonchev–Trinajstić information content (AvgIpc) is 2.83. The summed E-state index contributed by atoms with van der Waals surface area (Å²) in [6.45, 7) is 3.51. The zero-order valence-electron chi connectivity index (χ0n) is 18.9. The Morgan fingerprint density at radius 2 is 2.09 bits per heavy atom. The number of rotatable bonds is 9. The molecule has 1 unspecified atom stereocenters. The summed E-state index contributed by atoms with van der Waals surface area (Å²) in [4.78, 5) is 24.7. The summed E-state index contributed by atoms with van der Waals surface area (Å²) in [7, 11) is 1.69. The lowest BCUT2D eigenvalue weighted by molar-refractivity contribution is 0.0919. The van der Waals surface area contributed by atoms with Crippen LogP contribution < -0.4 is 32.0 Å². The molecular formula is C22H25N9O3. The number of hydrogen-bond acceptors (Lipinski definition) is 11. The molecule has 0 bridgehead atoms. The molecule has 34 heavy (non-hydrogen) atoms. The summed E-state index contributed by atoms with van der Waals surface area (Å²) in [5.74, 6) is 6.45. The quantitative estimate of drug-likeness (QED) is 0.202. The van der Waals surface area contributed by atoms with Gasteiger partial charge in [-0.15, -0.1) is 0 Å². The van der Waals surface area contributed by atoms with Gasteiger partial charge in [-0.05, 0) is 37.6 Å². The number of pyridine rings is 3. The number of aliphatic hydroxyl groups is 1. The number of amides is 1. The van der Waals surface area contributed by atoms with Gasteiger partial charge in [-0.2, -0.15) is 10.2 Å². The Labute approximate surface area is 196 Å². The van der Waals surface area contributed by atoms with Gasteiger partial charge < -0.3 is 31.2 Å². The first kappa shape index (κ1) is 24.2. The highest BCUT2D eigenvalue weighted by Crippen LogP contribution is 2.35. The molecule has 0 saturated heterocycles. The smallest absolute Gasteiger partial charge is 0.269 e. The fraction of sp³-hybridized carbons (Fsp3) is 0.227. The van der Waals surface area contributed by atoms with Crippen molar-refractivity contribution in [3.63, 3.8) is 0 Å². The number of nitrogens with two attached hydrogens (primary N) is 1. The number of aryl methyl sites for hydroxylation is 1. The summed E-state index contributed by atoms with van der Waals surface area (Å²) < 4.78 is 5.91. The number of aromatic nitrogens is 3. The van der Waals surface area contributed by atoms with Crippen LogP contribution in [0, 0.1) is 18.3 Å². The van der Waals surface area contributed by atoms with Gasteiger partial charge in [-0.1, -0.05) is 0 Å². The molecule has 1 atom stereocenters. The van der Waals surface area contributed by atoms with E-state index in [1.807, 2.05) is 6.07 Å². The maximum absolute atomic E-state index is 12.1. The number of aliphatic hydroxyl groups excluding tert-OH is 1. The van der Waals surface area contributed by atoms with Crippen molar-refractivity contribution in [3.05, 3.63) is 53.6 Å². The van der Waals surface area contributed by atoms with Gasteiger partial charge in [0.2, 0.25) is 5.88 Å². The van der Waals surface area contributed by atoms with Crippen molar-refractivity contribution in [2.24, 2.45) is 5.84 Å². The fourth-order valence-electron chi connectivity index (χ4n) is 2.91. The molecule has 0 aliphatic heterocycles. The molecule has 0 spiro atoms. The Morgan fingerprint density at radius 3 is 2.68 bits per heavy atom. The van der Waals surface area contributed by atoms with Crippen molar-refractivity contribution in [1.29, 1.82) is 5.26 Å². The number of nitrogens with zero attached hydrogens (tertiary/aromatic N) is 4. The van der Waals surface area contributed by atoms with Gasteiger partial charge in [-0.3, -0.25) is 10.6 Å². The monoisotopic (exact) mass is 463 g/mol. The van der Waals surface area contributed by atoms with Crippen LogP contribution in [-0.4, -0.2) is 45.7 Å². The van der Waals surface area contributed by atoms with Crippen LogP contribution in [0.2, 0.25) is 0 Å². The van der Waals surface area contributed by atoms with E-state index in [-0.39, 0.29) is 29.7 Å². The Balaban J connectivity index is 1.86. The zero-order valence-corrected chi connectivity index (χ0v) is 18.9. The molecular weight excluding hydrogens is 438 g/mol. The van der Waals surface area contributed by atoms with Crippen LogP contribution in [0.15, 0.2) is 36.7 Å². The Kier molecular flexibility index (Phi) is 7.75. The minimum Gasteiger partial charge on any atom is -0.437 e. The molecule has 12 nitrogen and oxygen atoms in total. The molecule has 0 aliphatic carbocycles. The number of nitriles is 1. The maximum Gasteiger partial charge on any atom is 0.269 e. The second-order valence-electron chi connectivity index (χ2n) is 7.29. The number of hydrogen-bond donors (Lipinski definition) is 6. The number of ether oxygens (including phenoxy) is 1. The third kappa shape index (κ3) is 5.85. The van der Waals surface area contributed by atoms with Gasteiger partial charge in [0, 0.05) is 19.7 Å². The lowest BCUT2D eigenvalue weighted by Crippen LogP contribution is -2.31.